The molecule has 2 atom stereocenters. The number of morpholine rings is 1. The Kier molecular flexibility index (Phi) is 6.93. The minimum Gasteiger partial charge on any atom is -0.381 e. The van der Waals surface area contributed by atoms with E-state index in [0.717, 1.165) is 52.0 Å². The van der Waals surface area contributed by atoms with Crippen molar-refractivity contribution in [3.8, 4) is 0 Å². The van der Waals surface area contributed by atoms with Gasteiger partial charge in [-0.2, -0.15) is 0 Å². The van der Waals surface area contributed by atoms with Crippen molar-refractivity contribution in [2.75, 3.05) is 46.1 Å². The predicted molar refractivity (Wildman–Crippen MR) is 86.7 cm³/mol. The molecule has 0 aromatic rings. The van der Waals surface area contributed by atoms with Gasteiger partial charge in [0.15, 0.2) is 0 Å². The van der Waals surface area contributed by atoms with Crippen LogP contribution in [-0.4, -0.2) is 62.5 Å². The molecule has 0 amide bonds. The maximum absolute atomic E-state index is 5.55. The lowest BCUT2D eigenvalue weighted by Crippen LogP contribution is -2.62. The fourth-order valence-electron chi connectivity index (χ4n) is 3.88. The van der Waals surface area contributed by atoms with Crippen LogP contribution in [-0.2, 0) is 9.47 Å². The summed E-state index contributed by atoms with van der Waals surface area (Å²) in [6.45, 7) is 13.9. The number of ether oxygens (including phenoxy) is 2. The smallest absolute Gasteiger partial charge is 0.0594 e. The van der Waals surface area contributed by atoms with E-state index in [1.165, 1.54) is 25.7 Å². The summed E-state index contributed by atoms with van der Waals surface area (Å²) in [6.07, 6.45) is 4.92. The van der Waals surface area contributed by atoms with Gasteiger partial charge in [0.1, 0.15) is 0 Å². The van der Waals surface area contributed by atoms with Gasteiger partial charge in [-0.25, -0.2) is 0 Å². The van der Waals surface area contributed by atoms with E-state index in [1.54, 1.807) is 0 Å². The van der Waals surface area contributed by atoms with Crippen LogP contribution in [0.3, 0.4) is 0 Å². The van der Waals surface area contributed by atoms with Gasteiger partial charge in [-0.05, 0) is 45.1 Å². The molecule has 124 valence electrons. The van der Waals surface area contributed by atoms with Gasteiger partial charge >= 0.3 is 0 Å². The fourth-order valence-corrected chi connectivity index (χ4v) is 3.88. The molecule has 4 nitrogen and oxygen atoms in total. The van der Waals surface area contributed by atoms with E-state index in [1.807, 2.05) is 0 Å². The van der Waals surface area contributed by atoms with Crippen molar-refractivity contribution in [1.82, 2.24) is 10.2 Å². The molecule has 0 radical (unpaired) electrons. The standard InChI is InChI=1S/C17H34N2O2/c1-4-17(3,19-8-12-21-13-9-19)16(18-5-2)14-15-6-10-20-11-7-15/h15-16,18H,4-14H2,1-3H3. The van der Waals surface area contributed by atoms with Gasteiger partial charge in [0.05, 0.1) is 13.2 Å². The minimum absolute atomic E-state index is 0.234. The Balaban J connectivity index is 2.04. The van der Waals surface area contributed by atoms with Gasteiger partial charge in [0.2, 0.25) is 0 Å². The van der Waals surface area contributed by atoms with Crippen molar-refractivity contribution < 1.29 is 9.47 Å². The van der Waals surface area contributed by atoms with Crippen LogP contribution in [0.1, 0.15) is 46.5 Å². The SMILES string of the molecule is CCNC(CC1CCOCC1)C(C)(CC)N1CCOCC1. The molecule has 2 heterocycles. The van der Waals surface area contributed by atoms with Crippen molar-refractivity contribution in [3.05, 3.63) is 0 Å². The number of hydrogen-bond acceptors (Lipinski definition) is 4. The highest BCUT2D eigenvalue weighted by Gasteiger charge is 2.39. The third-order valence-electron chi connectivity index (χ3n) is 5.56. The number of nitrogens with zero attached hydrogens (tertiary/aromatic N) is 1. The normalized spacial score (nSPS) is 26.4. The molecule has 1 N–H and O–H groups in total. The van der Waals surface area contributed by atoms with Crippen LogP contribution in [0, 0.1) is 5.92 Å². The molecule has 4 heteroatoms. The summed E-state index contributed by atoms with van der Waals surface area (Å²) in [6, 6.07) is 0.564. The Bertz CT molecular complexity index is 289. The monoisotopic (exact) mass is 298 g/mol. The number of rotatable bonds is 7. The lowest BCUT2D eigenvalue weighted by atomic mass is 9.79. The van der Waals surface area contributed by atoms with E-state index >= 15 is 0 Å². The van der Waals surface area contributed by atoms with Crippen LogP contribution >= 0.6 is 0 Å². The van der Waals surface area contributed by atoms with Gasteiger partial charge < -0.3 is 14.8 Å². The minimum atomic E-state index is 0.234. The number of hydrogen-bond donors (Lipinski definition) is 1. The zero-order chi connectivity index (χ0) is 15.1. The third kappa shape index (κ3) is 4.41. The maximum atomic E-state index is 5.55. The van der Waals surface area contributed by atoms with Crippen molar-refractivity contribution in [2.45, 2.75) is 58.0 Å². The molecular weight excluding hydrogens is 264 g/mol. The topological polar surface area (TPSA) is 33.7 Å². The van der Waals surface area contributed by atoms with Gasteiger partial charge in [-0.15, -0.1) is 0 Å². The van der Waals surface area contributed by atoms with E-state index < -0.39 is 0 Å². The second-order valence-corrected chi connectivity index (χ2v) is 6.71. The summed E-state index contributed by atoms with van der Waals surface area (Å²) >= 11 is 0. The second-order valence-electron chi connectivity index (χ2n) is 6.71. The van der Waals surface area contributed by atoms with Crippen LogP contribution in [0.5, 0.6) is 0 Å². The van der Waals surface area contributed by atoms with Crippen molar-refractivity contribution >= 4 is 0 Å². The van der Waals surface area contributed by atoms with E-state index in [0.29, 0.717) is 6.04 Å². The van der Waals surface area contributed by atoms with Crippen molar-refractivity contribution in [2.24, 2.45) is 5.92 Å². The number of nitrogens with one attached hydrogen (secondary N) is 1. The lowest BCUT2D eigenvalue weighted by Gasteiger charge is -2.49. The third-order valence-corrected chi connectivity index (χ3v) is 5.56. The molecule has 21 heavy (non-hydrogen) atoms. The Hall–Kier alpha value is -0.160. The molecule has 2 aliphatic heterocycles. The first-order valence-corrected chi connectivity index (χ1v) is 8.84. The Labute approximate surface area is 130 Å². The van der Waals surface area contributed by atoms with E-state index in [-0.39, 0.29) is 5.54 Å². The summed E-state index contributed by atoms with van der Waals surface area (Å²) in [5.41, 5.74) is 0.234. The molecule has 2 unspecified atom stereocenters. The fraction of sp³-hybridized carbons (Fsp3) is 1.00. The zero-order valence-corrected chi connectivity index (χ0v) is 14.2. The lowest BCUT2D eigenvalue weighted by molar-refractivity contribution is -0.0383. The maximum Gasteiger partial charge on any atom is 0.0594 e. The molecule has 0 bridgehead atoms. The molecule has 0 aromatic carbocycles. The summed E-state index contributed by atoms with van der Waals surface area (Å²) in [5, 5.41) is 3.80. The van der Waals surface area contributed by atoms with Gasteiger partial charge in [0.25, 0.3) is 0 Å². The van der Waals surface area contributed by atoms with Crippen molar-refractivity contribution in [1.29, 1.82) is 0 Å². The van der Waals surface area contributed by atoms with Crippen LogP contribution < -0.4 is 5.32 Å². The van der Waals surface area contributed by atoms with Crippen LogP contribution in [0.25, 0.3) is 0 Å². The quantitative estimate of drug-likeness (QED) is 0.782. The summed E-state index contributed by atoms with van der Waals surface area (Å²) in [7, 11) is 0. The molecule has 0 spiro atoms. The van der Waals surface area contributed by atoms with E-state index in [4.69, 9.17) is 9.47 Å². The molecule has 0 saturated carbocycles. The Morgan fingerprint density at radius 3 is 2.29 bits per heavy atom. The molecule has 2 aliphatic rings. The average Bonchev–Trinajstić information content (AvgIpc) is 2.55. The molecule has 0 aliphatic carbocycles. The predicted octanol–water partition coefficient (Wildman–Crippen LogP) is 2.28. The molecule has 0 aromatic heterocycles. The summed E-state index contributed by atoms with van der Waals surface area (Å²) in [4.78, 5) is 2.66. The second kappa shape index (κ2) is 8.47. The molecule has 2 saturated heterocycles. The Morgan fingerprint density at radius 1 is 1.10 bits per heavy atom. The average molecular weight is 298 g/mol. The molecule has 2 fully saturated rings. The summed E-state index contributed by atoms with van der Waals surface area (Å²) < 4.78 is 11.1. The van der Waals surface area contributed by atoms with Crippen LogP contribution in [0.4, 0.5) is 0 Å². The highest BCUT2D eigenvalue weighted by Crippen LogP contribution is 2.31. The molecule has 2 rings (SSSR count). The van der Waals surface area contributed by atoms with Crippen LogP contribution in [0.15, 0.2) is 0 Å². The van der Waals surface area contributed by atoms with Gasteiger partial charge in [-0.3, -0.25) is 4.90 Å². The van der Waals surface area contributed by atoms with Crippen molar-refractivity contribution in [3.63, 3.8) is 0 Å². The first kappa shape index (κ1) is 17.2. The van der Waals surface area contributed by atoms with Crippen LogP contribution in [0.2, 0.25) is 0 Å². The van der Waals surface area contributed by atoms with Gasteiger partial charge in [0, 0.05) is 37.9 Å². The van der Waals surface area contributed by atoms with Gasteiger partial charge in [-0.1, -0.05) is 13.8 Å². The first-order valence-electron chi connectivity index (χ1n) is 8.84. The number of likely N-dealkylation sites (N-methyl/N-ethyl adjacent to an activating group) is 1. The molecular formula is C17H34N2O2. The Morgan fingerprint density at radius 2 is 1.71 bits per heavy atom. The zero-order valence-electron chi connectivity index (χ0n) is 14.2. The first-order chi connectivity index (χ1) is 10.2. The largest absolute Gasteiger partial charge is 0.381 e. The highest BCUT2D eigenvalue weighted by atomic mass is 16.5. The van der Waals surface area contributed by atoms with E-state index in [2.05, 4.69) is 31.0 Å². The highest BCUT2D eigenvalue weighted by molar-refractivity contribution is 4.98. The summed E-state index contributed by atoms with van der Waals surface area (Å²) in [5.74, 6) is 0.815. The van der Waals surface area contributed by atoms with E-state index in [9.17, 15) is 0 Å².